The molecule has 0 spiro atoms. The molecule has 4 unspecified atom stereocenters. The maximum Gasteiger partial charge on any atom is 0.254 e. The minimum atomic E-state index is -0.592. The topological polar surface area (TPSA) is 103 Å². The van der Waals surface area contributed by atoms with Gasteiger partial charge in [-0.05, 0) is 43.4 Å². The van der Waals surface area contributed by atoms with Crippen molar-refractivity contribution in [2.75, 3.05) is 0 Å². The second-order valence-electron chi connectivity index (χ2n) is 7.34. The number of benzene rings is 1. The van der Waals surface area contributed by atoms with Gasteiger partial charge in [-0.1, -0.05) is 6.92 Å². The first-order valence-electron chi connectivity index (χ1n) is 9.54. The molecule has 1 saturated heterocycles. The number of fused-ring (bicyclic) bond motifs is 1. The van der Waals surface area contributed by atoms with Gasteiger partial charge in [0.25, 0.3) is 5.91 Å². The van der Waals surface area contributed by atoms with Gasteiger partial charge >= 0.3 is 0 Å². The summed E-state index contributed by atoms with van der Waals surface area (Å²) in [6.45, 7) is 1.81. The van der Waals surface area contributed by atoms with Crippen molar-refractivity contribution < 1.29 is 13.6 Å². The highest BCUT2D eigenvalue weighted by Crippen LogP contribution is 2.38. The van der Waals surface area contributed by atoms with E-state index in [1.165, 1.54) is 18.5 Å². The van der Waals surface area contributed by atoms with Crippen molar-refractivity contribution in [2.45, 2.75) is 50.7 Å². The number of nitrogens with zero attached hydrogens (tertiary/aromatic N) is 2. The van der Waals surface area contributed by atoms with Crippen LogP contribution in [0.5, 0.6) is 0 Å². The molecule has 0 bridgehead atoms. The van der Waals surface area contributed by atoms with E-state index in [0.29, 0.717) is 17.5 Å². The Balaban J connectivity index is 1.51. The van der Waals surface area contributed by atoms with Gasteiger partial charge < -0.3 is 9.73 Å². The SMILES string of the molecule is CCc1c(C#N)ccc(F)c1C(=O)NC1CCC2NNC(c3cnco3)C2C1. The van der Waals surface area contributed by atoms with Gasteiger partial charge in [0.15, 0.2) is 6.39 Å². The average Bonchev–Trinajstić information content (AvgIpc) is 3.36. The van der Waals surface area contributed by atoms with E-state index in [4.69, 9.17) is 4.42 Å². The summed E-state index contributed by atoms with van der Waals surface area (Å²) in [5.74, 6) is -0.0586. The monoisotopic (exact) mass is 383 g/mol. The van der Waals surface area contributed by atoms with Gasteiger partial charge in [-0.2, -0.15) is 5.26 Å². The molecule has 4 rings (SSSR count). The number of oxazole rings is 1. The fourth-order valence-electron chi connectivity index (χ4n) is 4.44. The minimum absolute atomic E-state index is 0.0156. The van der Waals surface area contributed by atoms with Gasteiger partial charge in [0.2, 0.25) is 0 Å². The molecule has 28 heavy (non-hydrogen) atoms. The number of nitriles is 1. The normalized spacial score (nSPS) is 26.5. The molecule has 1 saturated carbocycles. The van der Waals surface area contributed by atoms with Crippen LogP contribution >= 0.6 is 0 Å². The van der Waals surface area contributed by atoms with Crippen LogP contribution in [-0.4, -0.2) is 23.0 Å². The molecule has 3 N–H and O–H groups in total. The Kier molecular flexibility index (Phi) is 5.11. The van der Waals surface area contributed by atoms with E-state index in [-0.39, 0.29) is 29.6 Å². The lowest BCUT2D eigenvalue weighted by Crippen LogP contribution is -2.44. The molecule has 146 valence electrons. The fraction of sp³-hybridized carbons (Fsp3) is 0.450. The van der Waals surface area contributed by atoms with Crippen molar-refractivity contribution in [1.29, 1.82) is 5.26 Å². The highest BCUT2D eigenvalue weighted by atomic mass is 19.1. The third-order valence-electron chi connectivity index (χ3n) is 5.81. The molecule has 7 nitrogen and oxygen atoms in total. The molecule has 2 fully saturated rings. The number of carbonyl (C=O) groups excluding carboxylic acids is 1. The lowest BCUT2D eigenvalue weighted by molar-refractivity contribution is 0.0909. The largest absolute Gasteiger partial charge is 0.447 e. The van der Waals surface area contributed by atoms with Crippen molar-refractivity contribution >= 4 is 5.91 Å². The summed E-state index contributed by atoms with van der Waals surface area (Å²) in [7, 11) is 0. The first-order chi connectivity index (χ1) is 13.6. The second-order valence-corrected chi connectivity index (χ2v) is 7.34. The van der Waals surface area contributed by atoms with E-state index in [1.807, 2.05) is 13.0 Å². The van der Waals surface area contributed by atoms with Gasteiger partial charge in [0.05, 0.1) is 29.4 Å². The summed E-state index contributed by atoms with van der Waals surface area (Å²) < 4.78 is 19.9. The molecule has 1 aromatic heterocycles. The zero-order valence-corrected chi connectivity index (χ0v) is 15.5. The van der Waals surface area contributed by atoms with Gasteiger partial charge in [0, 0.05) is 18.0 Å². The molecule has 2 aromatic rings. The molecule has 1 aliphatic heterocycles. The maximum atomic E-state index is 14.4. The Morgan fingerprint density at radius 2 is 2.29 bits per heavy atom. The van der Waals surface area contributed by atoms with Gasteiger partial charge in [0.1, 0.15) is 11.6 Å². The number of hydrazine groups is 1. The predicted molar refractivity (Wildman–Crippen MR) is 98.4 cm³/mol. The predicted octanol–water partition coefficient (Wildman–Crippen LogP) is 2.36. The summed E-state index contributed by atoms with van der Waals surface area (Å²) >= 11 is 0. The molecule has 1 amide bonds. The summed E-state index contributed by atoms with van der Waals surface area (Å²) in [6, 6.07) is 4.85. The molecule has 0 radical (unpaired) electrons. The van der Waals surface area contributed by atoms with Gasteiger partial charge in [-0.25, -0.2) is 14.8 Å². The van der Waals surface area contributed by atoms with E-state index in [2.05, 4.69) is 21.2 Å². The zero-order valence-electron chi connectivity index (χ0n) is 15.5. The third-order valence-corrected chi connectivity index (χ3v) is 5.81. The number of rotatable bonds is 4. The lowest BCUT2D eigenvalue weighted by atomic mass is 9.78. The number of amides is 1. The van der Waals surface area contributed by atoms with E-state index in [9.17, 15) is 14.4 Å². The van der Waals surface area contributed by atoms with Crippen LogP contribution in [0.1, 0.15) is 59.5 Å². The van der Waals surface area contributed by atoms with Crippen molar-refractivity contribution in [3.63, 3.8) is 0 Å². The number of nitrogens with one attached hydrogen (secondary N) is 3. The van der Waals surface area contributed by atoms with Crippen molar-refractivity contribution in [3.8, 4) is 6.07 Å². The zero-order chi connectivity index (χ0) is 19.7. The van der Waals surface area contributed by atoms with Crippen LogP contribution in [0.3, 0.4) is 0 Å². The van der Waals surface area contributed by atoms with Crippen LogP contribution in [0.2, 0.25) is 0 Å². The van der Waals surface area contributed by atoms with Crippen LogP contribution in [-0.2, 0) is 6.42 Å². The lowest BCUT2D eigenvalue weighted by Gasteiger charge is -2.33. The van der Waals surface area contributed by atoms with Crippen molar-refractivity contribution in [3.05, 3.63) is 53.0 Å². The first-order valence-corrected chi connectivity index (χ1v) is 9.54. The molecule has 1 aliphatic carbocycles. The van der Waals surface area contributed by atoms with Crippen LogP contribution in [0.4, 0.5) is 4.39 Å². The third kappa shape index (κ3) is 3.28. The maximum absolute atomic E-state index is 14.4. The van der Waals surface area contributed by atoms with Crippen LogP contribution in [0, 0.1) is 23.1 Å². The molecular formula is C20H22FN5O2. The Morgan fingerprint density at radius 3 is 3.00 bits per heavy atom. The average molecular weight is 383 g/mol. The van der Waals surface area contributed by atoms with Gasteiger partial charge in [-0.15, -0.1) is 0 Å². The summed E-state index contributed by atoms with van der Waals surface area (Å²) in [6.07, 6.45) is 5.94. The minimum Gasteiger partial charge on any atom is -0.447 e. The highest BCUT2D eigenvalue weighted by Gasteiger charge is 2.42. The first kappa shape index (κ1) is 18.6. The second kappa shape index (κ2) is 7.70. The van der Waals surface area contributed by atoms with Crippen LogP contribution < -0.4 is 16.2 Å². The Bertz CT molecular complexity index is 908. The molecule has 2 heterocycles. The summed E-state index contributed by atoms with van der Waals surface area (Å²) in [5, 5.41) is 12.2. The van der Waals surface area contributed by atoms with E-state index in [1.54, 1.807) is 6.20 Å². The molecule has 1 aromatic carbocycles. The Morgan fingerprint density at radius 1 is 1.43 bits per heavy atom. The number of carbonyl (C=O) groups is 1. The molecule has 4 atom stereocenters. The standard InChI is InChI=1S/C20H22FN5O2/c1-2-13-11(8-22)3-5-15(21)18(13)20(27)24-12-4-6-16-14(7-12)19(26-25-16)17-9-23-10-28-17/h3,5,9-10,12,14,16,19,25-26H,2,4,6-7H2,1H3,(H,24,27). The van der Waals surface area contributed by atoms with Gasteiger partial charge in [-0.3, -0.25) is 10.2 Å². The van der Waals surface area contributed by atoms with E-state index in [0.717, 1.165) is 25.0 Å². The van der Waals surface area contributed by atoms with Crippen LogP contribution in [0.25, 0.3) is 0 Å². The quantitative estimate of drug-likeness (QED) is 0.749. The number of halogens is 1. The summed E-state index contributed by atoms with van der Waals surface area (Å²) in [4.78, 5) is 16.8. The Hall–Kier alpha value is -2.76. The van der Waals surface area contributed by atoms with Crippen molar-refractivity contribution in [1.82, 2.24) is 21.2 Å². The van der Waals surface area contributed by atoms with Crippen LogP contribution in [0.15, 0.2) is 29.1 Å². The molecule has 2 aliphatic rings. The number of hydrogen-bond acceptors (Lipinski definition) is 6. The molecule has 8 heteroatoms. The number of hydrogen-bond donors (Lipinski definition) is 3. The van der Waals surface area contributed by atoms with Crippen molar-refractivity contribution in [2.24, 2.45) is 5.92 Å². The smallest absolute Gasteiger partial charge is 0.254 e. The number of aromatic nitrogens is 1. The van der Waals surface area contributed by atoms with E-state index < -0.39 is 11.7 Å². The summed E-state index contributed by atoms with van der Waals surface area (Å²) in [5.41, 5.74) is 7.34. The highest BCUT2D eigenvalue weighted by molar-refractivity contribution is 5.96. The Labute approximate surface area is 162 Å². The van der Waals surface area contributed by atoms with E-state index >= 15 is 0 Å². The fourth-order valence-corrected chi connectivity index (χ4v) is 4.44. The molecular weight excluding hydrogens is 361 g/mol.